The Morgan fingerprint density at radius 1 is 1.42 bits per heavy atom. The van der Waals surface area contributed by atoms with Gasteiger partial charge >= 0.3 is 0 Å². The van der Waals surface area contributed by atoms with Crippen LogP contribution in [0.2, 0.25) is 0 Å². The molecule has 12 heavy (non-hydrogen) atoms. The van der Waals surface area contributed by atoms with Gasteiger partial charge in [-0.25, -0.2) is 0 Å². The SMILES string of the molecule is C=CC1=C(C)CC(C)(C)CC1=O. The second kappa shape index (κ2) is 2.89. The number of hydrogen-bond acceptors (Lipinski definition) is 1. The molecule has 0 saturated carbocycles. The molecule has 0 unspecified atom stereocenters. The molecular weight excluding hydrogens is 148 g/mol. The molecule has 1 aliphatic rings. The zero-order chi connectivity index (χ0) is 9.35. The number of carbonyl (C=O) groups excluding carboxylic acids is 1. The molecule has 0 aromatic heterocycles. The smallest absolute Gasteiger partial charge is 0.163 e. The lowest BCUT2D eigenvalue weighted by Gasteiger charge is -2.29. The first-order chi connectivity index (χ1) is 5.46. The molecule has 0 N–H and O–H groups in total. The molecule has 0 atom stereocenters. The number of hydrogen-bond donors (Lipinski definition) is 0. The second-order valence-electron chi connectivity index (χ2n) is 4.34. The van der Waals surface area contributed by atoms with Crippen LogP contribution in [0.15, 0.2) is 23.8 Å². The van der Waals surface area contributed by atoms with Gasteiger partial charge in [0, 0.05) is 12.0 Å². The minimum atomic E-state index is 0.147. The number of rotatable bonds is 1. The number of Topliss-reactive ketones (excluding diaryl/α,β-unsaturated/α-hetero) is 1. The van der Waals surface area contributed by atoms with E-state index >= 15 is 0 Å². The normalized spacial score (nSPS) is 22.8. The fourth-order valence-electron chi connectivity index (χ4n) is 1.93. The molecule has 66 valence electrons. The molecule has 1 aliphatic carbocycles. The molecule has 0 aromatic carbocycles. The summed E-state index contributed by atoms with van der Waals surface area (Å²) in [5, 5.41) is 0. The van der Waals surface area contributed by atoms with Crippen LogP contribution in [0, 0.1) is 5.41 Å². The quantitative estimate of drug-likeness (QED) is 0.582. The fourth-order valence-corrected chi connectivity index (χ4v) is 1.93. The molecule has 0 saturated heterocycles. The van der Waals surface area contributed by atoms with Crippen LogP contribution in [0.25, 0.3) is 0 Å². The van der Waals surface area contributed by atoms with Crippen LogP contribution >= 0.6 is 0 Å². The highest BCUT2D eigenvalue weighted by atomic mass is 16.1. The van der Waals surface area contributed by atoms with E-state index in [1.807, 2.05) is 6.92 Å². The largest absolute Gasteiger partial charge is 0.294 e. The van der Waals surface area contributed by atoms with E-state index in [4.69, 9.17) is 0 Å². The van der Waals surface area contributed by atoms with E-state index in [0.717, 1.165) is 12.0 Å². The molecule has 1 nitrogen and oxygen atoms in total. The highest BCUT2D eigenvalue weighted by Crippen LogP contribution is 2.36. The highest BCUT2D eigenvalue weighted by molar-refractivity contribution is 5.99. The Hall–Kier alpha value is -0.850. The van der Waals surface area contributed by atoms with Crippen molar-refractivity contribution in [2.24, 2.45) is 5.41 Å². The van der Waals surface area contributed by atoms with Gasteiger partial charge in [0.15, 0.2) is 5.78 Å². The lowest BCUT2D eigenvalue weighted by molar-refractivity contribution is -0.117. The summed E-state index contributed by atoms with van der Waals surface area (Å²) in [4.78, 5) is 11.5. The predicted molar refractivity (Wildman–Crippen MR) is 50.9 cm³/mol. The van der Waals surface area contributed by atoms with Crippen molar-refractivity contribution in [1.29, 1.82) is 0 Å². The maximum atomic E-state index is 11.5. The molecule has 0 bridgehead atoms. The average molecular weight is 164 g/mol. The van der Waals surface area contributed by atoms with E-state index in [9.17, 15) is 4.79 Å². The van der Waals surface area contributed by atoms with Crippen molar-refractivity contribution in [3.05, 3.63) is 23.8 Å². The summed E-state index contributed by atoms with van der Waals surface area (Å²) in [7, 11) is 0. The Balaban J connectivity index is 3.02. The topological polar surface area (TPSA) is 17.1 Å². The molecule has 0 fully saturated rings. The van der Waals surface area contributed by atoms with Crippen LogP contribution in [-0.2, 0) is 4.79 Å². The van der Waals surface area contributed by atoms with Gasteiger partial charge in [0.25, 0.3) is 0 Å². The standard InChI is InChI=1S/C11H16O/c1-5-9-8(2)6-11(3,4)7-10(9)12/h5H,1,6-7H2,2-4H3. The number of carbonyl (C=O) groups is 1. The second-order valence-corrected chi connectivity index (χ2v) is 4.34. The monoisotopic (exact) mass is 164 g/mol. The third kappa shape index (κ3) is 1.66. The summed E-state index contributed by atoms with van der Waals surface area (Å²) in [6.45, 7) is 9.94. The highest BCUT2D eigenvalue weighted by Gasteiger charge is 2.29. The Kier molecular flexibility index (Phi) is 2.22. The molecule has 0 amide bonds. The molecule has 0 heterocycles. The van der Waals surface area contributed by atoms with Crippen molar-refractivity contribution in [1.82, 2.24) is 0 Å². The molecule has 0 aromatic rings. The Morgan fingerprint density at radius 2 is 2.00 bits per heavy atom. The number of ketones is 1. The van der Waals surface area contributed by atoms with Crippen molar-refractivity contribution < 1.29 is 4.79 Å². The van der Waals surface area contributed by atoms with Crippen molar-refractivity contribution in [2.75, 3.05) is 0 Å². The van der Waals surface area contributed by atoms with Gasteiger partial charge in [0.05, 0.1) is 0 Å². The molecule has 1 heteroatoms. The Morgan fingerprint density at radius 3 is 2.42 bits per heavy atom. The predicted octanol–water partition coefficient (Wildman–Crippen LogP) is 2.88. The van der Waals surface area contributed by atoms with Gasteiger partial charge in [0.1, 0.15) is 0 Å². The van der Waals surface area contributed by atoms with E-state index < -0.39 is 0 Å². The zero-order valence-corrected chi connectivity index (χ0v) is 8.11. The first kappa shape index (κ1) is 9.24. The molecule has 0 aliphatic heterocycles. The molecule has 0 radical (unpaired) electrons. The van der Waals surface area contributed by atoms with Crippen LogP contribution in [0.3, 0.4) is 0 Å². The van der Waals surface area contributed by atoms with Crippen LogP contribution in [0.5, 0.6) is 0 Å². The van der Waals surface area contributed by atoms with Gasteiger partial charge in [-0.2, -0.15) is 0 Å². The van der Waals surface area contributed by atoms with Crippen molar-refractivity contribution >= 4 is 5.78 Å². The maximum absolute atomic E-state index is 11.5. The van der Waals surface area contributed by atoms with Crippen LogP contribution in [0.1, 0.15) is 33.6 Å². The van der Waals surface area contributed by atoms with Crippen molar-refractivity contribution in [3.8, 4) is 0 Å². The molecular formula is C11H16O. The van der Waals surface area contributed by atoms with E-state index in [2.05, 4.69) is 20.4 Å². The van der Waals surface area contributed by atoms with Gasteiger partial charge in [-0.3, -0.25) is 4.79 Å². The van der Waals surface area contributed by atoms with E-state index in [0.29, 0.717) is 6.42 Å². The number of allylic oxidation sites excluding steroid dienone is 3. The maximum Gasteiger partial charge on any atom is 0.163 e. The van der Waals surface area contributed by atoms with Crippen molar-refractivity contribution in [3.63, 3.8) is 0 Å². The van der Waals surface area contributed by atoms with Gasteiger partial charge in [0.2, 0.25) is 0 Å². The minimum Gasteiger partial charge on any atom is -0.294 e. The third-order valence-corrected chi connectivity index (χ3v) is 2.35. The Labute approximate surface area is 74.2 Å². The van der Waals surface area contributed by atoms with Gasteiger partial charge in [-0.15, -0.1) is 0 Å². The van der Waals surface area contributed by atoms with Crippen LogP contribution in [0.4, 0.5) is 0 Å². The molecule has 1 rings (SSSR count). The first-order valence-corrected chi connectivity index (χ1v) is 4.32. The lowest BCUT2D eigenvalue weighted by Crippen LogP contribution is -2.24. The van der Waals surface area contributed by atoms with Crippen LogP contribution < -0.4 is 0 Å². The minimum absolute atomic E-state index is 0.147. The van der Waals surface area contributed by atoms with E-state index in [-0.39, 0.29) is 11.2 Å². The van der Waals surface area contributed by atoms with Gasteiger partial charge < -0.3 is 0 Å². The third-order valence-electron chi connectivity index (χ3n) is 2.35. The fraction of sp³-hybridized carbons (Fsp3) is 0.545. The summed E-state index contributed by atoms with van der Waals surface area (Å²) >= 11 is 0. The average Bonchev–Trinajstić information content (AvgIpc) is 1.82. The summed E-state index contributed by atoms with van der Waals surface area (Å²) in [5.41, 5.74) is 2.17. The van der Waals surface area contributed by atoms with Gasteiger partial charge in [-0.05, 0) is 18.8 Å². The Bertz CT molecular complexity index is 256. The van der Waals surface area contributed by atoms with Crippen molar-refractivity contribution in [2.45, 2.75) is 33.6 Å². The lowest BCUT2D eigenvalue weighted by atomic mass is 9.74. The summed E-state index contributed by atoms with van der Waals surface area (Å²) in [6, 6.07) is 0. The summed E-state index contributed by atoms with van der Waals surface area (Å²) < 4.78 is 0. The van der Waals surface area contributed by atoms with Crippen LogP contribution in [-0.4, -0.2) is 5.78 Å². The molecule has 0 spiro atoms. The summed E-state index contributed by atoms with van der Waals surface area (Å²) in [5.74, 6) is 0.249. The van der Waals surface area contributed by atoms with E-state index in [1.165, 1.54) is 5.57 Å². The summed E-state index contributed by atoms with van der Waals surface area (Å²) in [6.07, 6.45) is 3.36. The first-order valence-electron chi connectivity index (χ1n) is 4.32. The zero-order valence-electron chi connectivity index (χ0n) is 8.11. The van der Waals surface area contributed by atoms with Gasteiger partial charge in [-0.1, -0.05) is 32.1 Å². The van der Waals surface area contributed by atoms with E-state index in [1.54, 1.807) is 6.08 Å².